The van der Waals surface area contributed by atoms with Crippen molar-refractivity contribution in [2.24, 2.45) is 11.8 Å². The Morgan fingerprint density at radius 3 is 2.95 bits per heavy atom. The Hall–Kier alpha value is -0.380. The predicted octanol–water partition coefficient (Wildman–Crippen LogP) is 3.64. The zero-order valence-corrected chi connectivity index (χ0v) is 13.9. The first-order chi connectivity index (χ1) is 9.75. The average Bonchev–Trinajstić information content (AvgIpc) is 2.82. The minimum absolute atomic E-state index is 0.860. The van der Waals surface area contributed by atoms with Gasteiger partial charge in [-0.1, -0.05) is 13.8 Å². The molecule has 1 atom stereocenters. The summed E-state index contributed by atoms with van der Waals surface area (Å²) in [5.41, 5.74) is 1.47. The second-order valence-electron chi connectivity index (χ2n) is 6.41. The summed E-state index contributed by atoms with van der Waals surface area (Å²) in [5.74, 6) is 1.81. The van der Waals surface area contributed by atoms with Crippen molar-refractivity contribution >= 4 is 11.3 Å². The van der Waals surface area contributed by atoms with Gasteiger partial charge in [0.2, 0.25) is 0 Å². The molecule has 0 saturated carbocycles. The fraction of sp³-hybridized carbons (Fsp3) is 0.765. The van der Waals surface area contributed by atoms with Gasteiger partial charge in [0.25, 0.3) is 0 Å². The Morgan fingerprint density at radius 2 is 2.20 bits per heavy atom. The van der Waals surface area contributed by atoms with E-state index in [9.17, 15) is 0 Å². The summed E-state index contributed by atoms with van der Waals surface area (Å²) in [4.78, 5) is 2.65. The van der Waals surface area contributed by atoms with Crippen molar-refractivity contribution in [2.45, 2.75) is 39.5 Å². The molecule has 2 heterocycles. The Labute approximate surface area is 128 Å². The van der Waals surface area contributed by atoms with Gasteiger partial charge in [-0.05, 0) is 79.5 Å². The van der Waals surface area contributed by atoms with Crippen molar-refractivity contribution in [1.29, 1.82) is 0 Å². The molecule has 1 aromatic rings. The molecule has 3 heteroatoms. The second kappa shape index (κ2) is 8.81. The topological polar surface area (TPSA) is 15.3 Å². The standard InChI is InChI=1S/C17H30N2S/c1-15(2)17-4-3-10-19(11-6-17)12-9-18-8-5-16-7-13-20-14-16/h7,13-15,17-18H,3-6,8-12H2,1-2H3. The molecule has 20 heavy (non-hydrogen) atoms. The highest BCUT2D eigenvalue weighted by Gasteiger charge is 2.18. The third kappa shape index (κ3) is 5.55. The summed E-state index contributed by atoms with van der Waals surface area (Å²) in [6.45, 7) is 10.8. The van der Waals surface area contributed by atoms with E-state index < -0.39 is 0 Å². The van der Waals surface area contributed by atoms with Crippen LogP contribution in [0.2, 0.25) is 0 Å². The lowest BCUT2D eigenvalue weighted by Crippen LogP contribution is -2.33. The van der Waals surface area contributed by atoms with E-state index in [1.54, 1.807) is 11.3 Å². The largest absolute Gasteiger partial charge is 0.315 e. The minimum Gasteiger partial charge on any atom is -0.315 e. The number of likely N-dealkylation sites (tertiary alicyclic amines) is 1. The molecule has 0 aromatic carbocycles. The molecular formula is C17H30N2S. The van der Waals surface area contributed by atoms with Gasteiger partial charge in [-0.25, -0.2) is 0 Å². The highest BCUT2D eigenvalue weighted by Crippen LogP contribution is 2.24. The third-order valence-corrected chi connectivity index (χ3v) is 5.32. The van der Waals surface area contributed by atoms with Crippen LogP contribution in [-0.2, 0) is 6.42 Å². The van der Waals surface area contributed by atoms with Crippen LogP contribution in [0, 0.1) is 11.8 Å². The normalized spacial score (nSPS) is 21.2. The molecule has 0 amide bonds. The van der Waals surface area contributed by atoms with Gasteiger partial charge >= 0.3 is 0 Å². The average molecular weight is 295 g/mol. The predicted molar refractivity (Wildman–Crippen MR) is 89.5 cm³/mol. The number of thiophene rings is 1. The fourth-order valence-corrected chi connectivity index (χ4v) is 3.80. The molecule has 1 saturated heterocycles. The molecule has 1 unspecified atom stereocenters. The summed E-state index contributed by atoms with van der Waals surface area (Å²) >= 11 is 1.79. The third-order valence-electron chi connectivity index (χ3n) is 4.58. The van der Waals surface area contributed by atoms with Gasteiger partial charge in [-0.2, -0.15) is 11.3 Å². The molecule has 1 aromatic heterocycles. The van der Waals surface area contributed by atoms with Crippen molar-refractivity contribution < 1.29 is 0 Å². The van der Waals surface area contributed by atoms with Gasteiger partial charge in [0.05, 0.1) is 0 Å². The monoisotopic (exact) mass is 294 g/mol. The Bertz CT molecular complexity index is 348. The van der Waals surface area contributed by atoms with Crippen LogP contribution in [0.3, 0.4) is 0 Å². The zero-order valence-electron chi connectivity index (χ0n) is 13.1. The lowest BCUT2D eigenvalue weighted by atomic mass is 9.89. The molecule has 2 nitrogen and oxygen atoms in total. The van der Waals surface area contributed by atoms with E-state index in [1.165, 1.54) is 50.9 Å². The van der Waals surface area contributed by atoms with Crippen LogP contribution >= 0.6 is 11.3 Å². The van der Waals surface area contributed by atoms with Gasteiger partial charge in [-0.15, -0.1) is 0 Å². The van der Waals surface area contributed by atoms with E-state index in [4.69, 9.17) is 0 Å². The van der Waals surface area contributed by atoms with Crippen LogP contribution in [0.1, 0.15) is 38.7 Å². The number of rotatable bonds is 7. The van der Waals surface area contributed by atoms with E-state index in [2.05, 4.69) is 40.9 Å². The molecule has 1 fully saturated rings. The maximum atomic E-state index is 3.59. The number of hydrogen-bond acceptors (Lipinski definition) is 3. The molecule has 2 rings (SSSR count). The van der Waals surface area contributed by atoms with Crippen LogP contribution < -0.4 is 5.32 Å². The molecule has 1 N–H and O–H groups in total. The van der Waals surface area contributed by atoms with E-state index in [1.807, 2.05) is 0 Å². The molecular weight excluding hydrogens is 264 g/mol. The SMILES string of the molecule is CC(C)C1CCCN(CCNCCc2ccsc2)CC1. The van der Waals surface area contributed by atoms with E-state index in [0.29, 0.717) is 0 Å². The smallest absolute Gasteiger partial charge is 0.0107 e. The van der Waals surface area contributed by atoms with Crippen molar-refractivity contribution in [3.8, 4) is 0 Å². The lowest BCUT2D eigenvalue weighted by molar-refractivity contribution is 0.272. The summed E-state index contributed by atoms with van der Waals surface area (Å²) in [7, 11) is 0. The molecule has 1 aliphatic heterocycles. The highest BCUT2D eigenvalue weighted by atomic mass is 32.1. The van der Waals surface area contributed by atoms with Crippen molar-refractivity contribution in [3.63, 3.8) is 0 Å². The highest BCUT2D eigenvalue weighted by molar-refractivity contribution is 7.07. The van der Waals surface area contributed by atoms with Crippen LogP contribution in [0.4, 0.5) is 0 Å². The molecule has 0 radical (unpaired) electrons. The van der Waals surface area contributed by atoms with E-state index in [0.717, 1.165) is 24.9 Å². The van der Waals surface area contributed by atoms with Crippen molar-refractivity contribution in [1.82, 2.24) is 10.2 Å². The summed E-state index contributed by atoms with van der Waals surface area (Å²) in [6, 6.07) is 2.23. The van der Waals surface area contributed by atoms with Gasteiger partial charge in [0.1, 0.15) is 0 Å². The lowest BCUT2D eigenvalue weighted by Gasteiger charge is -2.21. The number of nitrogens with one attached hydrogen (secondary N) is 1. The first-order valence-electron chi connectivity index (χ1n) is 8.20. The molecule has 0 aliphatic carbocycles. The van der Waals surface area contributed by atoms with Gasteiger partial charge in [-0.3, -0.25) is 0 Å². The maximum absolute atomic E-state index is 3.59. The number of nitrogens with zero attached hydrogens (tertiary/aromatic N) is 1. The maximum Gasteiger partial charge on any atom is 0.0107 e. The first-order valence-corrected chi connectivity index (χ1v) is 9.14. The van der Waals surface area contributed by atoms with Crippen LogP contribution in [0.25, 0.3) is 0 Å². The van der Waals surface area contributed by atoms with Crippen molar-refractivity contribution in [2.75, 3.05) is 32.7 Å². The summed E-state index contributed by atoms with van der Waals surface area (Å²) in [5, 5.41) is 8.01. The quantitative estimate of drug-likeness (QED) is 0.772. The minimum atomic E-state index is 0.860. The number of hydrogen-bond donors (Lipinski definition) is 1. The summed E-state index contributed by atoms with van der Waals surface area (Å²) in [6.07, 6.45) is 5.38. The Morgan fingerprint density at radius 1 is 1.30 bits per heavy atom. The van der Waals surface area contributed by atoms with Gasteiger partial charge < -0.3 is 10.2 Å². The van der Waals surface area contributed by atoms with Crippen LogP contribution in [-0.4, -0.2) is 37.6 Å². The fourth-order valence-electron chi connectivity index (χ4n) is 3.10. The second-order valence-corrected chi connectivity index (χ2v) is 7.19. The van der Waals surface area contributed by atoms with Gasteiger partial charge in [0.15, 0.2) is 0 Å². The molecule has 1 aliphatic rings. The Balaban J connectivity index is 1.55. The molecule has 0 spiro atoms. The Kier molecular flexibility index (Phi) is 7.05. The summed E-state index contributed by atoms with van der Waals surface area (Å²) < 4.78 is 0. The van der Waals surface area contributed by atoms with E-state index in [-0.39, 0.29) is 0 Å². The molecule has 114 valence electrons. The first kappa shape index (κ1) is 16.0. The zero-order chi connectivity index (χ0) is 14.2. The van der Waals surface area contributed by atoms with Gasteiger partial charge in [0, 0.05) is 13.1 Å². The van der Waals surface area contributed by atoms with Crippen LogP contribution in [0.15, 0.2) is 16.8 Å². The van der Waals surface area contributed by atoms with E-state index >= 15 is 0 Å². The molecule has 0 bridgehead atoms. The van der Waals surface area contributed by atoms with Crippen molar-refractivity contribution in [3.05, 3.63) is 22.4 Å². The van der Waals surface area contributed by atoms with Crippen LogP contribution in [0.5, 0.6) is 0 Å².